The summed E-state index contributed by atoms with van der Waals surface area (Å²) in [7, 11) is 0. The van der Waals surface area contributed by atoms with Gasteiger partial charge in [-0.2, -0.15) is 0 Å². The van der Waals surface area contributed by atoms with Gasteiger partial charge in [0.25, 0.3) is 0 Å². The Labute approximate surface area is 85.9 Å². The molecule has 1 fully saturated rings. The zero-order valence-electron chi connectivity index (χ0n) is 7.50. The van der Waals surface area contributed by atoms with Gasteiger partial charge in [0.15, 0.2) is 0 Å². The molecule has 0 aliphatic carbocycles. The molecule has 0 bridgehead atoms. The molecule has 1 amide bonds. The number of benzene rings is 1. The standard InChI is InChI=1S/C10H10FNOS/c11-8-3-1-2-7(4-8)9-5-14-6-10(13)12-9/h1-4,9H,5-6H2,(H,12,13). The first kappa shape index (κ1) is 9.52. The fourth-order valence-corrected chi connectivity index (χ4v) is 2.35. The van der Waals surface area contributed by atoms with Crippen molar-refractivity contribution in [3.05, 3.63) is 35.6 Å². The van der Waals surface area contributed by atoms with Crippen molar-refractivity contribution in [3.63, 3.8) is 0 Å². The minimum atomic E-state index is -0.257. The number of thioether (sulfide) groups is 1. The van der Waals surface area contributed by atoms with Crippen LogP contribution in [0.4, 0.5) is 4.39 Å². The summed E-state index contributed by atoms with van der Waals surface area (Å²) in [6.45, 7) is 0. The molecular weight excluding hydrogens is 201 g/mol. The van der Waals surface area contributed by atoms with E-state index in [2.05, 4.69) is 5.32 Å². The Bertz CT molecular complexity index is 356. The normalized spacial score (nSPS) is 21.8. The van der Waals surface area contributed by atoms with Gasteiger partial charge in [-0.05, 0) is 17.7 Å². The summed E-state index contributed by atoms with van der Waals surface area (Å²) in [5, 5.41) is 2.83. The summed E-state index contributed by atoms with van der Waals surface area (Å²) in [5.41, 5.74) is 0.838. The quantitative estimate of drug-likeness (QED) is 0.766. The molecule has 2 nitrogen and oxygen atoms in total. The first-order valence-electron chi connectivity index (χ1n) is 4.38. The van der Waals surface area contributed by atoms with Crippen LogP contribution in [-0.4, -0.2) is 17.4 Å². The Morgan fingerprint density at radius 2 is 2.36 bits per heavy atom. The molecule has 1 saturated heterocycles. The summed E-state index contributed by atoms with van der Waals surface area (Å²) < 4.78 is 12.9. The SMILES string of the molecule is O=C1CSCC(c2cccc(F)c2)N1. The second kappa shape index (κ2) is 4.00. The smallest absolute Gasteiger partial charge is 0.230 e. The lowest BCUT2D eigenvalue weighted by atomic mass is 10.1. The Hall–Kier alpha value is -1.03. The molecular formula is C10H10FNOS. The molecule has 4 heteroatoms. The maximum absolute atomic E-state index is 12.9. The van der Waals surface area contributed by atoms with E-state index in [0.29, 0.717) is 5.75 Å². The molecule has 1 heterocycles. The Kier molecular flexibility index (Phi) is 2.72. The molecule has 1 aromatic rings. The fourth-order valence-electron chi connectivity index (χ4n) is 1.45. The van der Waals surface area contributed by atoms with Gasteiger partial charge < -0.3 is 5.32 Å². The molecule has 2 rings (SSSR count). The zero-order chi connectivity index (χ0) is 9.97. The highest BCUT2D eigenvalue weighted by Gasteiger charge is 2.19. The molecule has 74 valence electrons. The van der Waals surface area contributed by atoms with Crippen molar-refractivity contribution < 1.29 is 9.18 Å². The van der Waals surface area contributed by atoms with Gasteiger partial charge in [0.05, 0.1) is 11.8 Å². The number of carbonyl (C=O) groups is 1. The molecule has 1 N–H and O–H groups in total. The van der Waals surface area contributed by atoms with Crippen LogP contribution in [-0.2, 0) is 4.79 Å². The molecule has 0 spiro atoms. The van der Waals surface area contributed by atoms with Crippen LogP contribution in [0.3, 0.4) is 0 Å². The summed E-state index contributed by atoms with van der Waals surface area (Å²) in [6.07, 6.45) is 0. The largest absolute Gasteiger partial charge is 0.348 e. The van der Waals surface area contributed by atoms with Crippen LogP contribution in [0.15, 0.2) is 24.3 Å². The van der Waals surface area contributed by atoms with E-state index in [1.54, 1.807) is 17.8 Å². The van der Waals surface area contributed by atoms with E-state index in [1.807, 2.05) is 6.07 Å². The van der Waals surface area contributed by atoms with E-state index in [9.17, 15) is 9.18 Å². The minimum Gasteiger partial charge on any atom is -0.348 e. The van der Waals surface area contributed by atoms with Crippen molar-refractivity contribution in [1.82, 2.24) is 5.32 Å². The number of rotatable bonds is 1. The third-order valence-electron chi connectivity index (χ3n) is 2.10. The summed E-state index contributed by atoms with van der Waals surface area (Å²) >= 11 is 1.58. The average Bonchev–Trinajstić information content (AvgIpc) is 2.18. The highest BCUT2D eigenvalue weighted by atomic mass is 32.2. The van der Waals surface area contributed by atoms with Gasteiger partial charge in [-0.15, -0.1) is 11.8 Å². The molecule has 0 radical (unpaired) electrons. The lowest BCUT2D eigenvalue weighted by Crippen LogP contribution is -2.35. The van der Waals surface area contributed by atoms with E-state index < -0.39 is 0 Å². The van der Waals surface area contributed by atoms with Crippen LogP contribution >= 0.6 is 11.8 Å². The number of halogens is 1. The molecule has 1 unspecified atom stereocenters. The number of amides is 1. The molecule has 14 heavy (non-hydrogen) atoms. The van der Waals surface area contributed by atoms with Crippen molar-refractivity contribution in [1.29, 1.82) is 0 Å². The van der Waals surface area contributed by atoms with Crippen molar-refractivity contribution in [2.45, 2.75) is 6.04 Å². The Morgan fingerprint density at radius 3 is 3.07 bits per heavy atom. The Balaban J connectivity index is 2.17. The average molecular weight is 211 g/mol. The van der Waals surface area contributed by atoms with E-state index >= 15 is 0 Å². The van der Waals surface area contributed by atoms with Crippen LogP contribution in [0.1, 0.15) is 11.6 Å². The molecule has 1 aromatic carbocycles. The molecule has 1 atom stereocenters. The van der Waals surface area contributed by atoms with Gasteiger partial charge in [0.1, 0.15) is 5.82 Å². The van der Waals surface area contributed by atoms with Crippen LogP contribution in [0.2, 0.25) is 0 Å². The number of carbonyl (C=O) groups excluding carboxylic acids is 1. The lowest BCUT2D eigenvalue weighted by molar-refractivity contribution is -0.119. The van der Waals surface area contributed by atoms with Gasteiger partial charge in [-0.3, -0.25) is 4.79 Å². The van der Waals surface area contributed by atoms with Crippen LogP contribution in [0.5, 0.6) is 0 Å². The highest BCUT2D eigenvalue weighted by Crippen LogP contribution is 2.22. The van der Waals surface area contributed by atoms with Crippen molar-refractivity contribution in [3.8, 4) is 0 Å². The van der Waals surface area contributed by atoms with Gasteiger partial charge in [0.2, 0.25) is 5.91 Å². The van der Waals surface area contributed by atoms with Crippen LogP contribution in [0, 0.1) is 5.82 Å². The highest BCUT2D eigenvalue weighted by molar-refractivity contribution is 8.00. The molecule has 0 aromatic heterocycles. The van der Waals surface area contributed by atoms with E-state index in [0.717, 1.165) is 11.3 Å². The summed E-state index contributed by atoms with van der Waals surface area (Å²) in [5.74, 6) is 1.09. The third kappa shape index (κ3) is 2.07. The summed E-state index contributed by atoms with van der Waals surface area (Å²) in [4.78, 5) is 11.1. The lowest BCUT2D eigenvalue weighted by Gasteiger charge is -2.23. The molecule has 1 aliphatic heterocycles. The second-order valence-electron chi connectivity index (χ2n) is 3.19. The van der Waals surface area contributed by atoms with Crippen molar-refractivity contribution in [2.24, 2.45) is 0 Å². The van der Waals surface area contributed by atoms with E-state index in [4.69, 9.17) is 0 Å². The van der Waals surface area contributed by atoms with Crippen LogP contribution < -0.4 is 5.32 Å². The number of hydrogen-bond acceptors (Lipinski definition) is 2. The minimum absolute atomic E-state index is 0.0236. The van der Waals surface area contributed by atoms with Crippen molar-refractivity contribution >= 4 is 17.7 Å². The Morgan fingerprint density at radius 1 is 1.50 bits per heavy atom. The van der Waals surface area contributed by atoms with Crippen molar-refractivity contribution in [2.75, 3.05) is 11.5 Å². The van der Waals surface area contributed by atoms with Gasteiger partial charge in [-0.1, -0.05) is 12.1 Å². The fraction of sp³-hybridized carbons (Fsp3) is 0.300. The van der Waals surface area contributed by atoms with Crippen LogP contribution in [0.25, 0.3) is 0 Å². The van der Waals surface area contributed by atoms with E-state index in [1.165, 1.54) is 12.1 Å². The monoisotopic (exact) mass is 211 g/mol. The topological polar surface area (TPSA) is 29.1 Å². The van der Waals surface area contributed by atoms with E-state index in [-0.39, 0.29) is 17.8 Å². The molecule has 1 aliphatic rings. The second-order valence-corrected chi connectivity index (χ2v) is 4.22. The van der Waals surface area contributed by atoms with Gasteiger partial charge in [-0.25, -0.2) is 4.39 Å². The maximum Gasteiger partial charge on any atom is 0.230 e. The third-order valence-corrected chi connectivity index (χ3v) is 3.14. The van der Waals surface area contributed by atoms with Gasteiger partial charge >= 0.3 is 0 Å². The van der Waals surface area contributed by atoms with Gasteiger partial charge in [0, 0.05) is 5.75 Å². The summed E-state index contributed by atoms with van der Waals surface area (Å²) in [6, 6.07) is 6.32. The first-order chi connectivity index (χ1) is 6.75. The zero-order valence-corrected chi connectivity index (χ0v) is 8.31. The molecule has 0 saturated carbocycles. The first-order valence-corrected chi connectivity index (χ1v) is 5.54. The predicted octanol–water partition coefficient (Wildman–Crippen LogP) is 1.73. The number of nitrogens with one attached hydrogen (secondary N) is 1. The number of hydrogen-bond donors (Lipinski definition) is 1. The predicted molar refractivity (Wildman–Crippen MR) is 54.6 cm³/mol. The maximum atomic E-state index is 12.9.